The largest absolute Gasteiger partial charge is 0.483 e. The van der Waals surface area contributed by atoms with Crippen molar-refractivity contribution in [3.05, 3.63) is 0 Å². The minimum Gasteiger partial charge on any atom is -0.483 e. The Balaban J connectivity index is 0. The van der Waals surface area contributed by atoms with Gasteiger partial charge in [-0.25, -0.2) is 0 Å². The molecule has 0 aliphatic carbocycles. The van der Waals surface area contributed by atoms with E-state index < -0.39 is 0 Å². The van der Waals surface area contributed by atoms with Crippen molar-refractivity contribution in [2.75, 3.05) is 5.34 Å². The van der Waals surface area contributed by atoms with Crippen molar-refractivity contribution in [1.29, 1.82) is 0 Å². The Kier molecular flexibility index (Phi) is 30.9. The van der Waals surface area contributed by atoms with Crippen LogP contribution in [0.25, 0.3) is 0 Å². The quantitative estimate of drug-likeness (QED) is 0.395. The van der Waals surface area contributed by atoms with Gasteiger partial charge in [-0.1, -0.05) is 0 Å². The molecule has 0 saturated heterocycles. The number of alkyl halides is 2. The van der Waals surface area contributed by atoms with Crippen LogP contribution in [0.5, 0.6) is 0 Å². The van der Waals surface area contributed by atoms with Crippen molar-refractivity contribution in [2.45, 2.75) is 0 Å². The fourth-order valence-corrected chi connectivity index (χ4v) is 0. The number of carbonyl (C=O) groups is 1. The van der Waals surface area contributed by atoms with E-state index in [1.54, 1.807) is 0 Å². The zero-order valence-electron chi connectivity index (χ0n) is 2.90. The first-order valence-corrected chi connectivity index (χ1v) is 2.10. The lowest BCUT2D eigenvalue weighted by atomic mass is 11.7. The molecular formula is C2H4Cl2O2. The van der Waals surface area contributed by atoms with Gasteiger partial charge >= 0.3 is 0 Å². The van der Waals surface area contributed by atoms with E-state index in [9.17, 15) is 0 Å². The highest BCUT2D eigenvalue weighted by Gasteiger charge is 1.41. The first-order chi connectivity index (χ1) is 2.83. The maximum absolute atomic E-state index is 8.36. The predicted octanol–water partition coefficient (Wildman–Crippen LogP) is 1.12. The average molecular weight is 131 g/mol. The van der Waals surface area contributed by atoms with Gasteiger partial charge in [-0.3, -0.25) is 4.79 Å². The van der Waals surface area contributed by atoms with Gasteiger partial charge in [0, 0.05) is 0 Å². The summed E-state index contributed by atoms with van der Waals surface area (Å²) in [5.41, 5.74) is 0. The molecule has 0 unspecified atom stereocenters. The molecule has 0 fully saturated rings. The molecule has 0 aliphatic heterocycles. The third-order valence-electron chi connectivity index (χ3n) is 0. The predicted molar refractivity (Wildman–Crippen MR) is 25.3 cm³/mol. The molecule has 0 rings (SSSR count). The zero-order valence-corrected chi connectivity index (χ0v) is 4.41. The van der Waals surface area contributed by atoms with E-state index in [0.29, 0.717) is 0 Å². The molecule has 6 heavy (non-hydrogen) atoms. The standard InChI is InChI=1S/CH2Cl2.CH2O2/c2*2-1-3/h1H2;1H,(H,2,3). The van der Waals surface area contributed by atoms with Crippen LogP contribution in [-0.2, 0) is 4.79 Å². The van der Waals surface area contributed by atoms with Crippen LogP contribution in [0.1, 0.15) is 0 Å². The van der Waals surface area contributed by atoms with E-state index in [0.717, 1.165) is 0 Å². The van der Waals surface area contributed by atoms with E-state index in [2.05, 4.69) is 0 Å². The Morgan fingerprint density at radius 3 is 1.67 bits per heavy atom. The van der Waals surface area contributed by atoms with Gasteiger partial charge in [-0.15, -0.1) is 23.2 Å². The van der Waals surface area contributed by atoms with Crippen LogP contribution in [0.4, 0.5) is 0 Å². The second-order valence-electron chi connectivity index (χ2n) is 0.206. The number of hydrogen-bond acceptors (Lipinski definition) is 1. The molecule has 0 spiro atoms. The van der Waals surface area contributed by atoms with Gasteiger partial charge in [0.05, 0.1) is 5.34 Å². The molecule has 0 bridgehead atoms. The summed E-state index contributed by atoms with van der Waals surface area (Å²) in [7, 11) is 0. The molecule has 0 amide bonds. The van der Waals surface area contributed by atoms with Crippen LogP contribution in [0, 0.1) is 0 Å². The Hall–Kier alpha value is 0.0500. The molecule has 0 aromatic rings. The SMILES string of the molecule is ClCCl.O=CO. The molecule has 0 aromatic carbocycles. The molecule has 2 nitrogen and oxygen atoms in total. The second-order valence-corrected chi connectivity index (χ2v) is 1.01. The summed E-state index contributed by atoms with van der Waals surface area (Å²) in [6.07, 6.45) is 0. The van der Waals surface area contributed by atoms with Gasteiger partial charge in [-0.05, 0) is 0 Å². The summed E-state index contributed by atoms with van der Waals surface area (Å²) >= 11 is 9.53. The van der Waals surface area contributed by atoms with Crippen molar-refractivity contribution >= 4 is 29.7 Å². The van der Waals surface area contributed by atoms with Crippen molar-refractivity contribution in [1.82, 2.24) is 0 Å². The van der Waals surface area contributed by atoms with Crippen molar-refractivity contribution in [3.8, 4) is 0 Å². The molecule has 0 atom stereocenters. The Morgan fingerprint density at radius 2 is 1.67 bits per heavy atom. The summed E-state index contributed by atoms with van der Waals surface area (Å²) in [6, 6.07) is 0. The first kappa shape index (κ1) is 9.41. The van der Waals surface area contributed by atoms with Crippen LogP contribution in [0.15, 0.2) is 0 Å². The molecule has 1 N–H and O–H groups in total. The average Bonchev–Trinajstić information content (AvgIpc) is 1.39. The lowest BCUT2D eigenvalue weighted by molar-refractivity contribution is -0.122. The van der Waals surface area contributed by atoms with E-state index >= 15 is 0 Å². The maximum Gasteiger partial charge on any atom is 0.290 e. The Labute approximate surface area is 45.7 Å². The van der Waals surface area contributed by atoms with Gasteiger partial charge in [0.2, 0.25) is 0 Å². The maximum atomic E-state index is 8.36. The lowest BCUT2D eigenvalue weighted by Gasteiger charge is -1.42. The highest BCUT2D eigenvalue weighted by molar-refractivity contribution is 6.40. The highest BCUT2D eigenvalue weighted by Crippen LogP contribution is 1.73. The number of rotatable bonds is 0. The third-order valence-corrected chi connectivity index (χ3v) is 0. The van der Waals surface area contributed by atoms with Crippen LogP contribution < -0.4 is 0 Å². The van der Waals surface area contributed by atoms with Crippen LogP contribution in [-0.4, -0.2) is 16.9 Å². The van der Waals surface area contributed by atoms with Crippen molar-refractivity contribution < 1.29 is 9.90 Å². The molecule has 38 valence electrons. The van der Waals surface area contributed by atoms with Crippen LogP contribution >= 0.6 is 23.2 Å². The van der Waals surface area contributed by atoms with E-state index in [-0.39, 0.29) is 11.8 Å². The zero-order chi connectivity index (χ0) is 5.41. The fourth-order valence-electron chi connectivity index (χ4n) is 0. The summed E-state index contributed by atoms with van der Waals surface area (Å²) in [5, 5.41) is 7.08. The van der Waals surface area contributed by atoms with Crippen molar-refractivity contribution in [2.24, 2.45) is 0 Å². The molecule has 0 saturated carbocycles. The minimum absolute atomic E-state index is 0.194. The Bertz CT molecular complexity index is 23.5. The van der Waals surface area contributed by atoms with E-state index in [1.165, 1.54) is 0 Å². The van der Waals surface area contributed by atoms with E-state index in [4.69, 9.17) is 33.1 Å². The fraction of sp³-hybridized carbons (Fsp3) is 0.500. The molecule has 0 aliphatic rings. The monoisotopic (exact) mass is 130 g/mol. The topological polar surface area (TPSA) is 37.3 Å². The highest BCUT2D eigenvalue weighted by atomic mass is 35.5. The second kappa shape index (κ2) is 19.7. The smallest absolute Gasteiger partial charge is 0.290 e. The van der Waals surface area contributed by atoms with Gasteiger partial charge in [0.15, 0.2) is 0 Å². The molecule has 0 heterocycles. The van der Waals surface area contributed by atoms with Gasteiger partial charge in [0.25, 0.3) is 6.47 Å². The molecule has 0 aromatic heterocycles. The summed E-state index contributed by atoms with van der Waals surface area (Å²) in [6.45, 7) is -0.250. The van der Waals surface area contributed by atoms with Crippen LogP contribution in [0.2, 0.25) is 0 Å². The minimum atomic E-state index is -0.250. The Morgan fingerprint density at radius 1 is 1.67 bits per heavy atom. The van der Waals surface area contributed by atoms with Gasteiger partial charge in [0.1, 0.15) is 0 Å². The molecular weight excluding hydrogens is 127 g/mol. The van der Waals surface area contributed by atoms with Gasteiger partial charge < -0.3 is 5.11 Å². The molecule has 4 heteroatoms. The third kappa shape index (κ3) is 15100. The number of halogens is 2. The number of carboxylic acid groups (broad SMARTS) is 1. The van der Waals surface area contributed by atoms with Gasteiger partial charge in [-0.2, -0.15) is 0 Å². The van der Waals surface area contributed by atoms with E-state index in [1.807, 2.05) is 0 Å². The normalized spacial score (nSPS) is 5.00. The summed E-state index contributed by atoms with van der Waals surface area (Å²) in [5.74, 6) is 0. The van der Waals surface area contributed by atoms with Crippen molar-refractivity contribution in [3.63, 3.8) is 0 Å². The molecule has 0 radical (unpaired) electrons. The summed E-state index contributed by atoms with van der Waals surface area (Å²) in [4.78, 5) is 8.36. The summed E-state index contributed by atoms with van der Waals surface area (Å²) < 4.78 is 0. The lowest BCUT2D eigenvalue weighted by Crippen LogP contribution is -1.49. The number of hydrogen-bond donors (Lipinski definition) is 1. The van der Waals surface area contributed by atoms with Crippen LogP contribution in [0.3, 0.4) is 0 Å². The first-order valence-electron chi connectivity index (χ1n) is 1.03.